The van der Waals surface area contributed by atoms with Crippen LogP contribution in [0.25, 0.3) is 0 Å². The highest BCUT2D eigenvalue weighted by Crippen LogP contribution is 2.35. The van der Waals surface area contributed by atoms with Crippen molar-refractivity contribution in [2.45, 2.75) is 32.2 Å². The van der Waals surface area contributed by atoms with Gasteiger partial charge >= 0.3 is 0 Å². The van der Waals surface area contributed by atoms with Crippen LogP contribution < -0.4 is 10.9 Å². The summed E-state index contributed by atoms with van der Waals surface area (Å²) in [5.74, 6) is 0.281. The van der Waals surface area contributed by atoms with Gasteiger partial charge in [-0.15, -0.1) is 11.3 Å². The van der Waals surface area contributed by atoms with Crippen molar-refractivity contribution < 1.29 is 4.79 Å². The van der Waals surface area contributed by atoms with E-state index in [0.29, 0.717) is 12.5 Å². The van der Waals surface area contributed by atoms with Crippen molar-refractivity contribution in [1.29, 1.82) is 5.41 Å². The van der Waals surface area contributed by atoms with Gasteiger partial charge in [0.2, 0.25) is 0 Å². The van der Waals surface area contributed by atoms with Crippen LogP contribution in [0.5, 0.6) is 0 Å². The minimum absolute atomic E-state index is 0.0536. The van der Waals surface area contributed by atoms with E-state index in [0.717, 1.165) is 25.0 Å². The van der Waals surface area contributed by atoms with Gasteiger partial charge < -0.3 is 10.3 Å². The Bertz CT molecular complexity index is 617. The Labute approximate surface area is 134 Å². The lowest BCUT2D eigenvalue weighted by Gasteiger charge is -2.33. The minimum Gasteiger partial charge on any atom is -0.330 e. The van der Waals surface area contributed by atoms with Crippen LogP contribution in [0.4, 0.5) is 0 Å². The van der Waals surface area contributed by atoms with Crippen LogP contribution >= 0.6 is 11.3 Å². The average Bonchev–Trinajstić information content (AvgIpc) is 3.24. The molecule has 1 saturated carbocycles. The summed E-state index contributed by atoms with van der Waals surface area (Å²) in [6.45, 7) is 2.75. The highest BCUT2D eigenvalue weighted by molar-refractivity contribution is 7.10. The highest BCUT2D eigenvalue weighted by atomic mass is 32.1. The fourth-order valence-electron chi connectivity index (χ4n) is 2.95. The van der Waals surface area contributed by atoms with Gasteiger partial charge in [0.15, 0.2) is 0 Å². The summed E-state index contributed by atoms with van der Waals surface area (Å²) >= 11 is 1.76. The summed E-state index contributed by atoms with van der Waals surface area (Å²) in [4.78, 5) is 15.8. The number of carbonyl (C=O) groups is 1. The van der Waals surface area contributed by atoms with Crippen LogP contribution in [-0.2, 0) is 11.2 Å². The maximum atomic E-state index is 12.6. The molecule has 1 fully saturated rings. The van der Waals surface area contributed by atoms with Gasteiger partial charge in [0, 0.05) is 30.1 Å². The quantitative estimate of drug-likeness (QED) is 0.576. The number of rotatable bonds is 5. The predicted octanol–water partition coefficient (Wildman–Crippen LogP) is 2.23. The third-order valence-electron chi connectivity index (χ3n) is 4.35. The average molecular weight is 318 g/mol. The van der Waals surface area contributed by atoms with Gasteiger partial charge in [-0.1, -0.05) is 0 Å². The van der Waals surface area contributed by atoms with E-state index in [1.165, 1.54) is 10.4 Å². The molecule has 0 spiro atoms. The Morgan fingerprint density at radius 3 is 2.95 bits per heavy atom. The van der Waals surface area contributed by atoms with E-state index >= 15 is 0 Å². The lowest BCUT2D eigenvalue weighted by Crippen LogP contribution is -2.41. The Kier molecular flexibility index (Phi) is 4.31. The first-order valence-corrected chi connectivity index (χ1v) is 8.60. The van der Waals surface area contributed by atoms with E-state index in [9.17, 15) is 4.79 Å². The van der Waals surface area contributed by atoms with Gasteiger partial charge in [-0.2, -0.15) is 0 Å². The van der Waals surface area contributed by atoms with Crippen molar-refractivity contribution in [2.24, 2.45) is 5.92 Å². The lowest BCUT2D eigenvalue weighted by atomic mass is 10.0. The molecule has 118 valence electrons. The van der Waals surface area contributed by atoms with Crippen molar-refractivity contribution >= 4 is 23.0 Å². The van der Waals surface area contributed by atoms with Crippen LogP contribution in [0, 0.1) is 11.3 Å². The molecule has 0 radical (unpaired) electrons. The van der Waals surface area contributed by atoms with Gasteiger partial charge in [0.25, 0.3) is 5.91 Å². The van der Waals surface area contributed by atoms with Crippen molar-refractivity contribution in [3.05, 3.63) is 33.7 Å². The second kappa shape index (κ2) is 6.22. The molecule has 1 unspecified atom stereocenters. The van der Waals surface area contributed by atoms with Gasteiger partial charge in [-0.05, 0) is 49.3 Å². The molecule has 22 heavy (non-hydrogen) atoms. The van der Waals surface area contributed by atoms with E-state index in [4.69, 9.17) is 5.41 Å². The number of thiophene rings is 1. The summed E-state index contributed by atoms with van der Waals surface area (Å²) in [5, 5.41) is 10.3. The molecule has 3 rings (SSSR count). The van der Waals surface area contributed by atoms with Crippen LogP contribution in [0.15, 0.2) is 23.2 Å². The second-order valence-corrected chi connectivity index (χ2v) is 6.89. The minimum atomic E-state index is -0.180. The van der Waals surface area contributed by atoms with Crippen molar-refractivity contribution in [2.75, 3.05) is 13.6 Å². The molecule has 1 aliphatic heterocycles. The zero-order chi connectivity index (χ0) is 15.7. The second-order valence-electron chi connectivity index (χ2n) is 5.89. The first kappa shape index (κ1) is 15.2. The number of allylic oxidation sites excluding steroid dienone is 1. The topological polar surface area (TPSA) is 68.2 Å². The number of carbonyl (C=O) groups excluding carboxylic acids is 1. The standard InChI is InChI=1S/C16H22N4OS/c1-10-12-6-8-22-15(12)5-7-20(10)16(21)13(17)9-14(19-18-2)11-3-4-11/h6,8-11,17-19H,3-5,7H2,1-2H3/b14-9-,17-13?. The predicted molar refractivity (Wildman–Crippen MR) is 88.9 cm³/mol. The molecule has 1 aromatic rings. The normalized spacial score (nSPS) is 21.5. The molecular weight excluding hydrogens is 296 g/mol. The molecule has 5 nitrogen and oxygen atoms in total. The maximum Gasteiger partial charge on any atom is 0.272 e. The molecule has 1 aliphatic carbocycles. The summed E-state index contributed by atoms with van der Waals surface area (Å²) in [6.07, 6.45) is 4.83. The lowest BCUT2D eigenvalue weighted by molar-refractivity contribution is -0.126. The number of fused-ring (bicyclic) bond motifs is 1. The molecule has 2 heterocycles. The smallest absolute Gasteiger partial charge is 0.272 e. The largest absolute Gasteiger partial charge is 0.330 e. The van der Waals surface area contributed by atoms with E-state index in [1.54, 1.807) is 24.5 Å². The molecule has 2 aliphatic rings. The molecular formula is C16H22N4OS. The third kappa shape index (κ3) is 2.94. The van der Waals surface area contributed by atoms with Crippen LogP contribution in [0.1, 0.15) is 36.2 Å². The maximum absolute atomic E-state index is 12.6. The summed E-state index contributed by atoms with van der Waals surface area (Å²) in [6, 6.07) is 2.15. The number of hydrazine groups is 1. The Hall–Kier alpha value is -1.66. The molecule has 0 saturated heterocycles. The van der Waals surface area contributed by atoms with E-state index < -0.39 is 0 Å². The Balaban J connectivity index is 1.73. The molecule has 1 atom stereocenters. The molecule has 1 aromatic heterocycles. The Morgan fingerprint density at radius 2 is 2.27 bits per heavy atom. The van der Waals surface area contributed by atoms with Gasteiger partial charge in [0.1, 0.15) is 5.71 Å². The van der Waals surface area contributed by atoms with Crippen LogP contribution in [0.2, 0.25) is 0 Å². The molecule has 0 aromatic carbocycles. The molecule has 1 amide bonds. The SMILES string of the molecule is CNN/C(=C\C(=N)C(=O)N1CCc2sccc2C1C)C1CC1. The molecule has 3 N–H and O–H groups in total. The van der Waals surface area contributed by atoms with E-state index in [1.807, 2.05) is 11.8 Å². The number of hydrogen-bond donors (Lipinski definition) is 3. The van der Waals surface area contributed by atoms with Crippen molar-refractivity contribution in [3.63, 3.8) is 0 Å². The van der Waals surface area contributed by atoms with Gasteiger partial charge in [-0.25, -0.2) is 5.43 Å². The number of nitrogens with one attached hydrogen (secondary N) is 3. The highest BCUT2D eigenvalue weighted by Gasteiger charge is 2.31. The fraction of sp³-hybridized carbons (Fsp3) is 0.500. The monoisotopic (exact) mass is 318 g/mol. The number of hydrogen-bond acceptors (Lipinski definition) is 5. The van der Waals surface area contributed by atoms with Crippen molar-refractivity contribution in [1.82, 2.24) is 15.8 Å². The summed E-state index contributed by atoms with van der Waals surface area (Å²) in [7, 11) is 1.80. The zero-order valence-corrected chi connectivity index (χ0v) is 13.8. The van der Waals surface area contributed by atoms with E-state index in [-0.39, 0.29) is 17.7 Å². The summed E-state index contributed by atoms with van der Waals surface area (Å²) < 4.78 is 0. The van der Waals surface area contributed by atoms with Gasteiger partial charge in [-0.3, -0.25) is 10.2 Å². The van der Waals surface area contributed by atoms with Crippen LogP contribution in [0.3, 0.4) is 0 Å². The Morgan fingerprint density at radius 1 is 1.50 bits per heavy atom. The summed E-state index contributed by atoms with van der Waals surface area (Å²) in [5.41, 5.74) is 8.19. The number of amides is 1. The van der Waals surface area contributed by atoms with Crippen LogP contribution in [-0.4, -0.2) is 30.1 Å². The van der Waals surface area contributed by atoms with Gasteiger partial charge in [0.05, 0.1) is 6.04 Å². The van der Waals surface area contributed by atoms with Crippen molar-refractivity contribution in [3.8, 4) is 0 Å². The molecule has 6 heteroatoms. The third-order valence-corrected chi connectivity index (χ3v) is 5.35. The first-order chi connectivity index (χ1) is 10.6. The first-order valence-electron chi connectivity index (χ1n) is 7.72. The fourth-order valence-corrected chi connectivity index (χ4v) is 3.92. The van der Waals surface area contributed by atoms with E-state index in [2.05, 4.69) is 22.3 Å². The number of nitrogens with zero attached hydrogens (tertiary/aromatic N) is 1. The molecule has 0 bridgehead atoms. The zero-order valence-electron chi connectivity index (χ0n) is 13.0.